The van der Waals surface area contributed by atoms with E-state index in [9.17, 15) is 9.90 Å². The zero-order valence-electron chi connectivity index (χ0n) is 16.7. The molecule has 1 heterocycles. The van der Waals surface area contributed by atoms with Gasteiger partial charge in [-0.25, -0.2) is 0 Å². The summed E-state index contributed by atoms with van der Waals surface area (Å²) < 4.78 is 5.15. The number of aliphatic hydroxyl groups is 1. The van der Waals surface area contributed by atoms with Crippen LogP contribution in [-0.2, 0) is 11.2 Å². The molecule has 0 fully saturated rings. The lowest BCUT2D eigenvalue weighted by Gasteiger charge is -2.26. The van der Waals surface area contributed by atoms with Crippen molar-refractivity contribution in [1.82, 2.24) is 9.88 Å². The predicted molar refractivity (Wildman–Crippen MR) is 113 cm³/mol. The number of carbonyl (C=O) groups excluding carboxylic acids is 1. The standard InChI is InChI=1S/C24H26N2O3/c1-26(17-23(27)20-8-10-21(29-2)11-9-20)24(28)22(19-6-4-3-5-7-19)16-18-12-14-25-15-13-18/h3-15,22-23,27H,16-17H2,1-2H3. The first-order valence-corrected chi connectivity index (χ1v) is 9.59. The number of ether oxygens (including phenoxy) is 1. The minimum absolute atomic E-state index is 0.0272. The Labute approximate surface area is 171 Å². The Hall–Kier alpha value is -3.18. The van der Waals surface area contributed by atoms with Gasteiger partial charge in [-0.05, 0) is 47.4 Å². The van der Waals surface area contributed by atoms with Crippen LogP contribution in [0.3, 0.4) is 0 Å². The van der Waals surface area contributed by atoms with E-state index in [4.69, 9.17) is 4.74 Å². The Morgan fingerprint density at radius 2 is 1.66 bits per heavy atom. The molecule has 0 aliphatic heterocycles. The van der Waals surface area contributed by atoms with Gasteiger partial charge in [0.1, 0.15) is 5.75 Å². The summed E-state index contributed by atoms with van der Waals surface area (Å²) in [5, 5.41) is 10.6. The van der Waals surface area contributed by atoms with E-state index >= 15 is 0 Å². The number of rotatable bonds is 8. The van der Waals surface area contributed by atoms with Gasteiger partial charge >= 0.3 is 0 Å². The van der Waals surface area contributed by atoms with Crippen molar-refractivity contribution in [3.05, 3.63) is 95.8 Å². The average molecular weight is 390 g/mol. The number of aromatic nitrogens is 1. The van der Waals surface area contributed by atoms with Crippen LogP contribution in [0, 0.1) is 0 Å². The smallest absolute Gasteiger partial charge is 0.230 e. The molecule has 150 valence electrons. The van der Waals surface area contributed by atoms with Crippen LogP contribution in [0.25, 0.3) is 0 Å². The topological polar surface area (TPSA) is 62.7 Å². The summed E-state index contributed by atoms with van der Waals surface area (Å²) in [4.78, 5) is 19.0. The third-order valence-electron chi connectivity index (χ3n) is 5.01. The van der Waals surface area contributed by atoms with E-state index in [2.05, 4.69) is 4.98 Å². The van der Waals surface area contributed by atoms with Crippen molar-refractivity contribution in [1.29, 1.82) is 0 Å². The van der Waals surface area contributed by atoms with Crippen molar-refractivity contribution in [3.63, 3.8) is 0 Å². The summed E-state index contributed by atoms with van der Waals surface area (Å²) in [7, 11) is 3.34. The average Bonchev–Trinajstić information content (AvgIpc) is 2.78. The molecule has 0 aliphatic rings. The maximum Gasteiger partial charge on any atom is 0.230 e. The zero-order valence-corrected chi connectivity index (χ0v) is 16.7. The van der Waals surface area contributed by atoms with Crippen molar-refractivity contribution in [2.24, 2.45) is 0 Å². The molecular formula is C24H26N2O3. The Balaban J connectivity index is 1.75. The first kappa shape index (κ1) is 20.6. The van der Waals surface area contributed by atoms with Gasteiger partial charge < -0.3 is 14.7 Å². The van der Waals surface area contributed by atoms with Gasteiger partial charge in [-0.1, -0.05) is 42.5 Å². The molecule has 2 atom stereocenters. The number of carbonyl (C=O) groups is 1. The highest BCUT2D eigenvalue weighted by Crippen LogP contribution is 2.25. The molecule has 3 rings (SSSR count). The minimum atomic E-state index is -0.771. The van der Waals surface area contributed by atoms with Gasteiger partial charge in [-0.2, -0.15) is 0 Å². The summed E-state index contributed by atoms with van der Waals surface area (Å²) in [6, 6.07) is 20.8. The maximum atomic E-state index is 13.3. The minimum Gasteiger partial charge on any atom is -0.497 e. The molecule has 5 heteroatoms. The number of aliphatic hydroxyl groups excluding tert-OH is 1. The van der Waals surface area contributed by atoms with E-state index in [0.29, 0.717) is 6.42 Å². The molecule has 0 saturated carbocycles. The summed E-state index contributed by atoms with van der Waals surface area (Å²) in [5.74, 6) is 0.374. The van der Waals surface area contributed by atoms with E-state index in [-0.39, 0.29) is 18.4 Å². The van der Waals surface area contributed by atoms with Gasteiger partial charge in [0.25, 0.3) is 0 Å². The second-order valence-corrected chi connectivity index (χ2v) is 7.03. The lowest BCUT2D eigenvalue weighted by molar-refractivity contribution is -0.132. The number of amides is 1. The van der Waals surface area contributed by atoms with Gasteiger partial charge in [-0.3, -0.25) is 9.78 Å². The van der Waals surface area contributed by atoms with Crippen molar-refractivity contribution >= 4 is 5.91 Å². The second kappa shape index (κ2) is 9.85. The van der Waals surface area contributed by atoms with Gasteiger partial charge in [0, 0.05) is 19.4 Å². The number of likely N-dealkylation sites (N-methyl/N-ethyl adjacent to an activating group) is 1. The summed E-state index contributed by atoms with van der Waals surface area (Å²) in [6.07, 6.45) is 3.28. The Kier molecular flexibility index (Phi) is 6.98. The fraction of sp³-hybridized carbons (Fsp3) is 0.250. The summed E-state index contributed by atoms with van der Waals surface area (Å²) >= 11 is 0. The lowest BCUT2D eigenvalue weighted by Crippen LogP contribution is -2.35. The number of methoxy groups -OCH3 is 1. The van der Waals surface area contributed by atoms with E-state index in [1.807, 2.05) is 54.6 Å². The number of benzene rings is 2. The van der Waals surface area contributed by atoms with Crippen LogP contribution < -0.4 is 4.74 Å². The molecule has 29 heavy (non-hydrogen) atoms. The van der Waals surface area contributed by atoms with Gasteiger partial charge in [0.15, 0.2) is 0 Å². The van der Waals surface area contributed by atoms with Gasteiger partial charge in [-0.15, -0.1) is 0 Å². The molecule has 1 aromatic heterocycles. The van der Waals surface area contributed by atoms with E-state index in [1.165, 1.54) is 0 Å². The van der Waals surface area contributed by atoms with Crippen LogP contribution in [0.1, 0.15) is 28.7 Å². The SMILES string of the molecule is COc1ccc(C(O)CN(C)C(=O)C(Cc2ccncc2)c2ccccc2)cc1. The number of hydrogen-bond acceptors (Lipinski definition) is 4. The van der Waals surface area contributed by atoms with E-state index < -0.39 is 6.10 Å². The molecular weight excluding hydrogens is 364 g/mol. The molecule has 5 nitrogen and oxygen atoms in total. The molecule has 2 unspecified atom stereocenters. The van der Waals surface area contributed by atoms with Crippen LogP contribution in [0.15, 0.2) is 79.1 Å². The quantitative estimate of drug-likeness (QED) is 0.638. The zero-order chi connectivity index (χ0) is 20.6. The largest absolute Gasteiger partial charge is 0.497 e. The van der Waals surface area contributed by atoms with Crippen LogP contribution >= 0.6 is 0 Å². The molecule has 0 bridgehead atoms. The van der Waals surface area contributed by atoms with Crippen LogP contribution in [0.4, 0.5) is 0 Å². The molecule has 0 radical (unpaired) electrons. The molecule has 0 aliphatic carbocycles. The molecule has 1 N–H and O–H groups in total. The van der Waals surface area contributed by atoms with Gasteiger partial charge in [0.05, 0.1) is 25.7 Å². The Morgan fingerprint density at radius 1 is 1.00 bits per heavy atom. The van der Waals surface area contributed by atoms with Crippen molar-refractivity contribution < 1.29 is 14.6 Å². The Bertz CT molecular complexity index is 898. The lowest BCUT2D eigenvalue weighted by atomic mass is 9.91. The first-order valence-electron chi connectivity index (χ1n) is 9.59. The van der Waals surface area contributed by atoms with Crippen LogP contribution in [0.5, 0.6) is 5.75 Å². The Morgan fingerprint density at radius 3 is 2.28 bits per heavy atom. The molecule has 3 aromatic rings. The fourth-order valence-electron chi connectivity index (χ4n) is 3.33. The van der Waals surface area contributed by atoms with Crippen molar-refractivity contribution in [2.45, 2.75) is 18.4 Å². The maximum absolute atomic E-state index is 13.3. The summed E-state index contributed by atoms with van der Waals surface area (Å²) in [5.41, 5.74) is 2.75. The third kappa shape index (κ3) is 5.42. The first-order chi connectivity index (χ1) is 14.1. The third-order valence-corrected chi connectivity index (χ3v) is 5.01. The molecule has 0 saturated heterocycles. The van der Waals surface area contributed by atoms with Crippen LogP contribution in [-0.4, -0.2) is 41.6 Å². The van der Waals surface area contributed by atoms with Crippen molar-refractivity contribution in [2.75, 3.05) is 20.7 Å². The van der Waals surface area contributed by atoms with E-state index in [1.54, 1.807) is 43.6 Å². The fourth-order valence-corrected chi connectivity index (χ4v) is 3.33. The monoisotopic (exact) mass is 390 g/mol. The number of pyridine rings is 1. The predicted octanol–water partition coefficient (Wildman–Crippen LogP) is 3.61. The molecule has 1 amide bonds. The van der Waals surface area contributed by atoms with Crippen LogP contribution in [0.2, 0.25) is 0 Å². The van der Waals surface area contributed by atoms with Gasteiger partial charge in [0.2, 0.25) is 5.91 Å². The molecule has 2 aromatic carbocycles. The second-order valence-electron chi connectivity index (χ2n) is 7.03. The highest BCUT2D eigenvalue weighted by molar-refractivity contribution is 5.84. The number of nitrogens with zero attached hydrogens (tertiary/aromatic N) is 2. The highest BCUT2D eigenvalue weighted by atomic mass is 16.5. The summed E-state index contributed by atoms with van der Waals surface area (Å²) in [6.45, 7) is 0.213. The molecule has 0 spiro atoms. The normalized spacial score (nSPS) is 12.8. The van der Waals surface area contributed by atoms with E-state index in [0.717, 1.165) is 22.4 Å². The van der Waals surface area contributed by atoms with Crippen molar-refractivity contribution in [3.8, 4) is 5.75 Å². The number of hydrogen-bond donors (Lipinski definition) is 1. The highest BCUT2D eigenvalue weighted by Gasteiger charge is 2.25.